The molecule has 0 fully saturated rings. The number of phenolic OH excluding ortho intramolecular Hbond substituents is 1. The Labute approximate surface area is 104 Å². The van der Waals surface area contributed by atoms with Crippen LogP contribution in [0.5, 0.6) is 5.75 Å². The van der Waals surface area contributed by atoms with Crippen LogP contribution in [-0.4, -0.2) is 22.1 Å². The van der Waals surface area contributed by atoms with E-state index in [0.717, 1.165) is 5.56 Å². The number of Topliss-reactive ketones (excluding diaryl/α,β-unsaturated/α-hetero) is 1. The molecule has 0 radical (unpaired) electrons. The molecular formula is C14H12N2O2. The highest BCUT2D eigenvalue weighted by Gasteiger charge is 2.26. The van der Waals surface area contributed by atoms with Gasteiger partial charge < -0.3 is 5.11 Å². The molecule has 4 nitrogen and oxygen atoms in total. The van der Waals surface area contributed by atoms with Crippen molar-refractivity contribution in [2.45, 2.75) is 13.8 Å². The molecule has 1 aliphatic rings. The molecule has 3 rings (SSSR count). The first kappa shape index (κ1) is 10.9. The van der Waals surface area contributed by atoms with E-state index >= 15 is 0 Å². The fraction of sp³-hybridized carbons (Fsp3) is 0.214. The number of pyridine rings is 1. The Morgan fingerprint density at radius 1 is 1.33 bits per heavy atom. The Hall–Kier alpha value is -2.23. The van der Waals surface area contributed by atoms with Gasteiger partial charge in [0.05, 0.1) is 22.7 Å². The van der Waals surface area contributed by atoms with Crippen LogP contribution in [-0.2, 0) is 0 Å². The highest BCUT2D eigenvalue weighted by atomic mass is 16.3. The summed E-state index contributed by atoms with van der Waals surface area (Å²) in [6, 6.07) is 3.57. The maximum atomic E-state index is 12.1. The van der Waals surface area contributed by atoms with Gasteiger partial charge in [0.25, 0.3) is 0 Å². The molecular weight excluding hydrogens is 228 g/mol. The van der Waals surface area contributed by atoms with Crippen LogP contribution in [0.3, 0.4) is 0 Å². The van der Waals surface area contributed by atoms with Gasteiger partial charge in [-0.25, -0.2) is 0 Å². The van der Waals surface area contributed by atoms with Crippen LogP contribution in [0.15, 0.2) is 23.3 Å². The lowest BCUT2D eigenvalue weighted by molar-refractivity contribution is 0.0960. The van der Waals surface area contributed by atoms with Gasteiger partial charge >= 0.3 is 0 Å². The second-order valence-electron chi connectivity index (χ2n) is 4.63. The van der Waals surface area contributed by atoms with Crippen molar-refractivity contribution in [1.82, 2.24) is 4.98 Å². The van der Waals surface area contributed by atoms with Crippen molar-refractivity contribution >= 4 is 28.6 Å². The molecule has 90 valence electrons. The van der Waals surface area contributed by atoms with Gasteiger partial charge in [0.15, 0.2) is 5.78 Å². The van der Waals surface area contributed by atoms with Gasteiger partial charge in [-0.05, 0) is 24.6 Å². The largest absolute Gasteiger partial charge is 0.506 e. The van der Waals surface area contributed by atoms with Crippen molar-refractivity contribution in [3.05, 3.63) is 29.5 Å². The number of aromatic hydroxyl groups is 1. The standard InChI is InChI=1S/C14H12N2O2/c1-7-3-9-10(15-5-7)4-11-12(14(9)18)13(17)8(2)6-16-11/h3-6,8,18H,1-2H3. The number of hydrogen-bond acceptors (Lipinski definition) is 4. The first-order valence-electron chi connectivity index (χ1n) is 5.78. The van der Waals surface area contributed by atoms with Crippen LogP contribution < -0.4 is 0 Å². The summed E-state index contributed by atoms with van der Waals surface area (Å²) in [5.74, 6) is -0.396. The van der Waals surface area contributed by atoms with E-state index in [1.165, 1.54) is 0 Å². The summed E-state index contributed by atoms with van der Waals surface area (Å²) in [7, 11) is 0. The third-order valence-corrected chi connectivity index (χ3v) is 3.17. The van der Waals surface area contributed by atoms with E-state index < -0.39 is 0 Å². The van der Waals surface area contributed by atoms with Crippen molar-refractivity contribution in [3.8, 4) is 5.75 Å². The molecule has 0 bridgehead atoms. The quantitative estimate of drug-likeness (QED) is 0.770. The fourth-order valence-corrected chi connectivity index (χ4v) is 2.17. The van der Waals surface area contributed by atoms with Crippen LogP contribution in [0.25, 0.3) is 10.9 Å². The maximum absolute atomic E-state index is 12.1. The highest BCUT2D eigenvalue weighted by Crippen LogP contribution is 2.38. The number of carbonyl (C=O) groups excluding carboxylic acids is 1. The van der Waals surface area contributed by atoms with Crippen LogP contribution in [0.1, 0.15) is 22.8 Å². The predicted octanol–water partition coefficient (Wildman–Crippen LogP) is 2.78. The number of aryl methyl sites for hydroxylation is 1. The normalized spacial score (nSPS) is 18.1. The number of phenols is 1. The minimum absolute atomic E-state index is 0.00704. The van der Waals surface area contributed by atoms with Crippen molar-refractivity contribution in [2.24, 2.45) is 10.9 Å². The second-order valence-corrected chi connectivity index (χ2v) is 4.63. The van der Waals surface area contributed by atoms with Crippen molar-refractivity contribution in [3.63, 3.8) is 0 Å². The summed E-state index contributed by atoms with van der Waals surface area (Å²) in [5, 5.41) is 10.9. The van der Waals surface area contributed by atoms with E-state index in [9.17, 15) is 9.90 Å². The number of fused-ring (bicyclic) bond motifs is 2. The van der Waals surface area contributed by atoms with Gasteiger partial charge in [0.1, 0.15) is 5.75 Å². The number of aromatic nitrogens is 1. The van der Waals surface area contributed by atoms with Gasteiger partial charge in [0, 0.05) is 17.8 Å². The Bertz CT molecular complexity index is 704. The molecule has 1 unspecified atom stereocenters. The zero-order valence-corrected chi connectivity index (χ0v) is 10.1. The van der Waals surface area contributed by atoms with E-state index in [4.69, 9.17) is 0 Å². The minimum Gasteiger partial charge on any atom is -0.506 e. The SMILES string of the molecule is Cc1cnc2cc3c(c(O)c2c1)C(=O)C(C)C=N3. The third kappa shape index (κ3) is 1.42. The average Bonchev–Trinajstić information content (AvgIpc) is 2.35. The third-order valence-electron chi connectivity index (χ3n) is 3.17. The lowest BCUT2D eigenvalue weighted by atomic mass is 9.93. The van der Waals surface area contributed by atoms with Crippen LogP contribution >= 0.6 is 0 Å². The van der Waals surface area contributed by atoms with Crippen LogP contribution in [0, 0.1) is 12.8 Å². The molecule has 18 heavy (non-hydrogen) atoms. The molecule has 1 atom stereocenters. The molecule has 1 aromatic carbocycles. The minimum atomic E-state index is -0.293. The Morgan fingerprint density at radius 2 is 2.11 bits per heavy atom. The molecule has 2 aromatic rings. The number of ketones is 1. The Morgan fingerprint density at radius 3 is 2.89 bits per heavy atom. The molecule has 0 aliphatic carbocycles. The van der Waals surface area contributed by atoms with Gasteiger partial charge in [0.2, 0.25) is 0 Å². The molecule has 1 N–H and O–H groups in total. The summed E-state index contributed by atoms with van der Waals surface area (Å²) in [6.45, 7) is 3.67. The van der Waals surface area contributed by atoms with Crippen molar-refractivity contribution in [1.29, 1.82) is 0 Å². The zero-order valence-electron chi connectivity index (χ0n) is 10.1. The molecule has 4 heteroatoms. The molecule has 1 aliphatic heterocycles. The maximum Gasteiger partial charge on any atom is 0.176 e. The van der Waals surface area contributed by atoms with E-state index in [1.54, 1.807) is 25.4 Å². The van der Waals surface area contributed by atoms with E-state index in [0.29, 0.717) is 22.2 Å². The number of aliphatic imine (C=N–C) groups is 1. The van der Waals surface area contributed by atoms with Gasteiger partial charge in [-0.1, -0.05) is 6.92 Å². The van der Waals surface area contributed by atoms with E-state index in [1.807, 2.05) is 13.0 Å². The number of benzene rings is 1. The van der Waals surface area contributed by atoms with Crippen molar-refractivity contribution < 1.29 is 9.90 Å². The summed E-state index contributed by atoms with van der Waals surface area (Å²) >= 11 is 0. The lowest BCUT2D eigenvalue weighted by Crippen LogP contribution is -2.16. The summed E-state index contributed by atoms with van der Waals surface area (Å²) < 4.78 is 0. The van der Waals surface area contributed by atoms with Crippen LogP contribution in [0.2, 0.25) is 0 Å². The first-order chi connectivity index (χ1) is 8.58. The lowest BCUT2D eigenvalue weighted by Gasteiger charge is -2.16. The topological polar surface area (TPSA) is 62.6 Å². The van der Waals surface area contributed by atoms with Crippen molar-refractivity contribution in [2.75, 3.05) is 0 Å². The van der Waals surface area contributed by atoms with E-state index in [-0.39, 0.29) is 17.5 Å². The number of carbonyl (C=O) groups is 1. The molecule has 1 aromatic heterocycles. The smallest absolute Gasteiger partial charge is 0.176 e. The predicted molar refractivity (Wildman–Crippen MR) is 69.8 cm³/mol. The van der Waals surface area contributed by atoms with Gasteiger partial charge in [-0.2, -0.15) is 0 Å². The number of rotatable bonds is 0. The molecule has 0 saturated heterocycles. The van der Waals surface area contributed by atoms with E-state index in [2.05, 4.69) is 9.98 Å². The summed E-state index contributed by atoms with van der Waals surface area (Å²) in [6.07, 6.45) is 3.33. The highest BCUT2D eigenvalue weighted by molar-refractivity contribution is 6.16. The molecule has 0 spiro atoms. The molecule has 2 heterocycles. The summed E-state index contributed by atoms with van der Waals surface area (Å²) in [5.41, 5.74) is 2.40. The monoisotopic (exact) mass is 240 g/mol. The number of hydrogen-bond donors (Lipinski definition) is 1. The second kappa shape index (κ2) is 3.63. The van der Waals surface area contributed by atoms with Gasteiger partial charge in [-0.3, -0.25) is 14.8 Å². The number of nitrogens with zero attached hydrogens (tertiary/aromatic N) is 2. The fourth-order valence-electron chi connectivity index (χ4n) is 2.17. The zero-order chi connectivity index (χ0) is 12.9. The molecule has 0 amide bonds. The summed E-state index contributed by atoms with van der Waals surface area (Å²) in [4.78, 5) is 20.6. The Kier molecular flexibility index (Phi) is 2.20. The average molecular weight is 240 g/mol. The first-order valence-corrected chi connectivity index (χ1v) is 5.78. The van der Waals surface area contributed by atoms with Gasteiger partial charge in [-0.15, -0.1) is 0 Å². The molecule has 0 saturated carbocycles. The van der Waals surface area contributed by atoms with Crippen LogP contribution in [0.4, 0.5) is 5.69 Å². The Balaban J connectivity index is 2.41.